The zero-order chi connectivity index (χ0) is 12.7. The van der Waals surface area contributed by atoms with Gasteiger partial charge in [-0.3, -0.25) is 5.32 Å². The smallest absolute Gasteiger partial charge is 0.362 e. The van der Waals surface area contributed by atoms with Crippen molar-refractivity contribution in [2.75, 3.05) is 18.5 Å². The van der Waals surface area contributed by atoms with Crippen molar-refractivity contribution in [1.29, 1.82) is 0 Å². The first-order chi connectivity index (χ1) is 8.19. The third-order valence-corrected chi connectivity index (χ3v) is 2.23. The molecule has 17 heavy (non-hydrogen) atoms. The van der Waals surface area contributed by atoms with Crippen molar-refractivity contribution in [3.8, 4) is 0 Å². The fraction of sp³-hybridized carbons (Fsp3) is 0.333. The monoisotopic (exact) mass is 256 g/mol. The summed E-state index contributed by atoms with van der Waals surface area (Å²) in [5, 5.41) is 8.81. The van der Waals surface area contributed by atoms with Gasteiger partial charge in [0.05, 0.1) is 6.61 Å². The Hall–Kier alpha value is -1.96. The molecule has 1 aromatic rings. The summed E-state index contributed by atoms with van der Waals surface area (Å²) >= 11 is 0.906. The largest absolute Gasteiger partial charge is 0.461 e. The van der Waals surface area contributed by atoms with Gasteiger partial charge in [-0.1, -0.05) is 10.6 Å². The lowest BCUT2D eigenvalue weighted by molar-refractivity contribution is 0.0520. The minimum atomic E-state index is -0.611. The molecule has 92 valence electrons. The molecule has 2 amide bonds. The summed E-state index contributed by atoms with van der Waals surface area (Å²) in [5.74, 6) is -0.611. The summed E-state index contributed by atoms with van der Waals surface area (Å²) in [5.41, 5.74) is 0.00519. The Morgan fingerprint density at radius 2 is 2.35 bits per heavy atom. The van der Waals surface area contributed by atoms with E-state index in [2.05, 4.69) is 26.8 Å². The van der Waals surface area contributed by atoms with Crippen LogP contribution in [0.2, 0.25) is 0 Å². The molecule has 0 saturated heterocycles. The van der Waals surface area contributed by atoms with Gasteiger partial charge in [0.2, 0.25) is 5.69 Å². The molecule has 0 aromatic carbocycles. The first-order valence-electron chi connectivity index (χ1n) is 4.84. The number of anilines is 1. The number of urea groups is 1. The molecule has 0 spiro atoms. The Morgan fingerprint density at radius 1 is 1.59 bits per heavy atom. The van der Waals surface area contributed by atoms with Gasteiger partial charge in [-0.05, 0) is 6.92 Å². The number of nitrogens with zero attached hydrogens (tertiary/aromatic N) is 2. The fourth-order valence-corrected chi connectivity index (χ4v) is 1.47. The number of esters is 1. The highest BCUT2D eigenvalue weighted by Crippen LogP contribution is 2.18. The number of amides is 2. The minimum Gasteiger partial charge on any atom is -0.461 e. The van der Waals surface area contributed by atoms with Crippen molar-refractivity contribution < 1.29 is 14.3 Å². The fourth-order valence-electron chi connectivity index (χ4n) is 0.918. The van der Waals surface area contributed by atoms with Crippen LogP contribution in [0, 0.1) is 0 Å². The van der Waals surface area contributed by atoms with Gasteiger partial charge in [0.15, 0.2) is 5.00 Å². The zero-order valence-electron chi connectivity index (χ0n) is 9.23. The number of rotatable bonds is 5. The Morgan fingerprint density at radius 3 is 3.00 bits per heavy atom. The van der Waals surface area contributed by atoms with Gasteiger partial charge in [-0.25, -0.2) is 9.59 Å². The summed E-state index contributed by atoms with van der Waals surface area (Å²) in [6, 6.07) is -0.457. The number of ether oxygens (including phenoxy) is 1. The lowest BCUT2D eigenvalue weighted by Gasteiger charge is -2.04. The average molecular weight is 256 g/mol. The van der Waals surface area contributed by atoms with Crippen LogP contribution in [0.25, 0.3) is 0 Å². The zero-order valence-corrected chi connectivity index (χ0v) is 10.0. The van der Waals surface area contributed by atoms with E-state index in [1.54, 1.807) is 6.92 Å². The normalized spacial score (nSPS) is 9.47. The Balaban J connectivity index is 2.65. The molecule has 0 aliphatic heterocycles. The van der Waals surface area contributed by atoms with E-state index >= 15 is 0 Å². The topological polar surface area (TPSA) is 93.2 Å². The third-order valence-electron chi connectivity index (χ3n) is 1.59. The standard InChI is InChI=1S/C9H12N4O3S/c1-3-5-10-9(15)11-7-6(12-13-17-7)8(14)16-4-2/h3H,1,4-5H2,2H3,(H2,10,11,15). The van der Waals surface area contributed by atoms with Gasteiger partial charge in [0.1, 0.15) is 0 Å². The molecule has 0 atom stereocenters. The SMILES string of the molecule is C=CCNC(=O)Nc1snnc1C(=O)OCC. The molecular formula is C9H12N4O3S. The molecule has 0 saturated carbocycles. The van der Waals surface area contributed by atoms with Crippen LogP contribution < -0.4 is 10.6 Å². The van der Waals surface area contributed by atoms with Crippen LogP contribution in [0.1, 0.15) is 17.4 Å². The Bertz CT molecular complexity index is 418. The van der Waals surface area contributed by atoms with E-state index in [0.717, 1.165) is 11.5 Å². The molecular weight excluding hydrogens is 244 g/mol. The second kappa shape index (κ2) is 6.59. The molecule has 8 heteroatoms. The maximum Gasteiger partial charge on any atom is 0.362 e. The van der Waals surface area contributed by atoms with E-state index in [-0.39, 0.29) is 17.3 Å². The number of carbonyl (C=O) groups excluding carboxylic acids is 2. The molecule has 0 unspecified atom stereocenters. The first kappa shape index (κ1) is 13.1. The molecule has 2 N–H and O–H groups in total. The maximum absolute atomic E-state index is 11.4. The lowest BCUT2D eigenvalue weighted by atomic mass is 10.4. The lowest BCUT2D eigenvalue weighted by Crippen LogP contribution is -2.29. The van der Waals surface area contributed by atoms with Crippen LogP contribution in [0.5, 0.6) is 0 Å². The Labute approximate surface area is 102 Å². The molecule has 1 heterocycles. The van der Waals surface area contributed by atoms with Crippen LogP contribution in [-0.2, 0) is 4.74 Å². The van der Waals surface area contributed by atoms with Gasteiger partial charge in [0, 0.05) is 18.1 Å². The molecule has 7 nitrogen and oxygen atoms in total. The highest BCUT2D eigenvalue weighted by molar-refractivity contribution is 7.10. The van der Waals surface area contributed by atoms with Crippen molar-refractivity contribution >= 4 is 28.5 Å². The summed E-state index contributed by atoms with van der Waals surface area (Å²) in [6.45, 7) is 5.70. The van der Waals surface area contributed by atoms with Gasteiger partial charge < -0.3 is 10.1 Å². The van der Waals surface area contributed by atoms with Gasteiger partial charge in [-0.2, -0.15) is 0 Å². The maximum atomic E-state index is 11.4. The number of carbonyl (C=O) groups is 2. The van der Waals surface area contributed by atoms with Crippen LogP contribution >= 0.6 is 11.5 Å². The van der Waals surface area contributed by atoms with Crippen molar-refractivity contribution in [2.45, 2.75) is 6.92 Å². The van der Waals surface area contributed by atoms with Crippen LogP contribution in [-0.4, -0.2) is 34.7 Å². The van der Waals surface area contributed by atoms with Crippen molar-refractivity contribution in [1.82, 2.24) is 14.9 Å². The molecule has 1 aromatic heterocycles. The summed E-state index contributed by atoms with van der Waals surface area (Å²) in [4.78, 5) is 22.7. The second-order valence-corrected chi connectivity index (χ2v) is 3.55. The highest BCUT2D eigenvalue weighted by Gasteiger charge is 2.19. The van der Waals surface area contributed by atoms with E-state index < -0.39 is 12.0 Å². The predicted molar refractivity (Wildman–Crippen MR) is 63.1 cm³/mol. The Kier molecular flexibility index (Phi) is 5.08. The molecule has 0 bridgehead atoms. The molecule has 0 fully saturated rings. The van der Waals surface area contributed by atoms with Crippen LogP contribution in [0.15, 0.2) is 12.7 Å². The van der Waals surface area contributed by atoms with Crippen molar-refractivity contribution in [2.24, 2.45) is 0 Å². The van der Waals surface area contributed by atoms with Gasteiger partial charge >= 0.3 is 12.0 Å². The molecule has 1 rings (SSSR count). The number of hydrogen-bond donors (Lipinski definition) is 2. The van der Waals surface area contributed by atoms with E-state index in [1.807, 2.05) is 0 Å². The summed E-state index contributed by atoms with van der Waals surface area (Å²) < 4.78 is 8.35. The minimum absolute atomic E-state index is 0.00519. The van der Waals surface area contributed by atoms with Crippen LogP contribution in [0.4, 0.5) is 9.80 Å². The number of nitrogens with one attached hydrogen (secondary N) is 2. The van der Waals surface area contributed by atoms with E-state index in [0.29, 0.717) is 6.54 Å². The highest BCUT2D eigenvalue weighted by atomic mass is 32.1. The summed E-state index contributed by atoms with van der Waals surface area (Å²) in [6.07, 6.45) is 1.54. The molecule has 0 aliphatic rings. The third kappa shape index (κ3) is 3.83. The van der Waals surface area contributed by atoms with Crippen molar-refractivity contribution in [3.05, 3.63) is 18.3 Å². The van der Waals surface area contributed by atoms with Gasteiger partial charge in [-0.15, -0.1) is 11.7 Å². The second-order valence-electron chi connectivity index (χ2n) is 2.79. The summed E-state index contributed by atoms with van der Waals surface area (Å²) in [7, 11) is 0. The quantitative estimate of drug-likeness (QED) is 0.606. The first-order valence-corrected chi connectivity index (χ1v) is 5.61. The van der Waals surface area contributed by atoms with E-state index in [9.17, 15) is 9.59 Å². The predicted octanol–water partition coefficient (Wildman–Crippen LogP) is 1.02. The van der Waals surface area contributed by atoms with E-state index in [4.69, 9.17) is 4.74 Å². The molecule has 0 radical (unpaired) electrons. The van der Waals surface area contributed by atoms with E-state index in [1.165, 1.54) is 6.08 Å². The molecule has 0 aliphatic carbocycles. The average Bonchev–Trinajstić information content (AvgIpc) is 2.75. The van der Waals surface area contributed by atoms with Gasteiger partial charge in [0.25, 0.3) is 0 Å². The number of hydrogen-bond acceptors (Lipinski definition) is 6. The van der Waals surface area contributed by atoms with Crippen molar-refractivity contribution in [3.63, 3.8) is 0 Å². The number of aromatic nitrogens is 2. The van der Waals surface area contributed by atoms with Crippen LogP contribution in [0.3, 0.4) is 0 Å².